The third kappa shape index (κ3) is 5.01. The Labute approximate surface area is 349 Å². The van der Waals surface area contributed by atoms with Gasteiger partial charge in [-0.15, -0.1) is 0 Å². The molecule has 3 nitrogen and oxygen atoms in total. The summed E-state index contributed by atoms with van der Waals surface area (Å²) in [4.78, 5) is 2.46. The molecule has 0 N–H and O–H groups in total. The summed E-state index contributed by atoms with van der Waals surface area (Å²) in [6, 6.07) is 87.3. The van der Waals surface area contributed by atoms with Gasteiger partial charge >= 0.3 is 0 Å². The van der Waals surface area contributed by atoms with E-state index in [9.17, 15) is 0 Å². The second-order valence-corrected chi connectivity index (χ2v) is 19.5. The number of rotatable bonds is 8. The summed E-state index contributed by atoms with van der Waals surface area (Å²) in [5.74, 6) is 0. The lowest BCUT2D eigenvalue weighted by Crippen LogP contribution is -2.74. The molecule has 0 atom stereocenters. The van der Waals surface area contributed by atoms with E-state index in [1.807, 2.05) is 0 Å². The molecule has 0 amide bonds. The van der Waals surface area contributed by atoms with Gasteiger partial charge in [-0.1, -0.05) is 188 Å². The van der Waals surface area contributed by atoms with Crippen molar-refractivity contribution in [1.82, 2.24) is 8.80 Å². The molecule has 0 saturated carbocycles. The Morgan fingerprint density at radius 3 is 1.28 bits per heavy atom. The second kappa shape index (κ2) is 13.7. The molecule has 4 heteroatoms. The lowest BCUT2D eigenvalue weighted by atomic mass is 10.0. The molecule has 0 saturated heterocycles. The molecule has 12 aromatic rings. The van der Waals surface area contributed by atoms with Crippen molar-refractivity contribution in [2.24, 2.45) is 0 Å². The zero-order valence-electron chi connectivity index (χ0n) is 32.9. The summed E-state index contributed by atoms with van der Waals surface area (Å²) in [7, 11) is -2.72. The summed E-state index contributed by atoms with van der Waals surface area (Å²) in [5, 5.41) is 9.29. The van der Waals surface area contributed by atoms with Gasteiger partial charge in [-0.2, -0.15) is 0 Å². The van der Waals surface area contributed by atoms with E-state index in [2.05, 4.69) is 250 Å². The maximum Gasteiger partial charge on any atom is 0.179 e. The molecular formula is C56H39N3Si. The molecule has 282 valence electrons. The highest BCUT2D eigenvalue weighted by Crippen LogP contribution is 2.46. The zero-order chi connectivity index (χ0) is 39.6. The van der Waals surface area contributed by atoms with E-state index in [0.717, 1.165) is 17.1 Å². The van der Waals surface area contributed by atoms with E-state index in [0.29, 0.717) is 0 Å². The van der Waals surface area contributed by atoms with Crippen LogP contribution in [0.1, 0.15) is 0 Å². The number of para-hydroxylation sites is 3. The molecule has 9 aromatic carbocycles. The fraction of sp³-hybridized carbons (Fsp3) is 0. The summed E-state index contributed by atoms with van der Waals surface area (Å²) < 4.78 is 4.98. The zero-order valence-corrected chi connectivity index (χ0v) is 33.9. The largest absolute Gasteiger partial charge is 0.308 e. The van der Waals surface area contributed by atoms with E-state index in [4.69, 9.17) is 0 Å². The van der Waals surface area contributed by atoms with Crippen molar-refractivity contribution < 1.29 is 0 Å². The highest BCUT2D eigenvalue weighted by atomic mass is 28.3. The van der Waals surface area contributed by atoms with Crippen molar-refractivity contribution in [3.63, 3.8) is 0 Å². The van der Waals surface area contributed by atoms with Gasteiger partial charge in [-0.05, 0) is 80.4 Å². The van der Waals surface area contributed by atoms with Crippen molar-refractivity contribution in [3.05, 3.63) is 237 Å². The van der Waals surface area contributed by atoms with E-state index >= 15 is 0 Å². The van der Waals surface area contributed by atoms with Crippen LogP contribution in [-0.2, 0) is 0 Å². The minimum Gasteiger partial charge on any atom is -0.308 e. The molecule has 12 rings (SSSR count). The minimum absolute atomic E-state index is 1.10. The molecule has 0 fully saturated rings. The average molecular weight is 782 g/mol. The Hall–Kier alpha value is -7.66. The maximum absolute atomic E-state index is 2.72. The number of benzene rings is 9. The van der Waals surface area contributed by atoms with Crippen LogP contribution in [0.5, 0.6) is 0 Å². The minimum atomic E-state index is -2.72. The molecule has 3 heterocycles. The fourth-order valence-electron chi connectivity index (χ4n) is 10.1. The highest BCUT2D eigenvalue weighted by molar-refractivity contribution is 7.19. The van der Waals surface area contributed by atoms with Crippen LogP contribution in [0, 0.1) is 0 Å². The Morgan fingerprint density at radius 1 is 0.317 bits per heavy atom. The van der Waals surface area contributed by atoms with Crippen molar-refractivity contribution in [1.29, 1.82) is 0 Å². The molecule has 3 aromatic heterocycles. The molecule has 0 aliphatic carbocycles. The van der Waals surface area contributed by atoms with E-state index < -0.39 is 8.07 Å². The normalized spacial score (nSPS) is 12.0. The van der Waals surface area contributed by atoms with Crippen LogP contribution in [0.2, 0.25) is 0 Å². The SMILES string of the molecule is c1ccc(-c2ccc(N(c3ccc([Si](c4ccccc4)(c4ccccc4)c4ccccc4)cc3)c3cccc4c3n3c5ccccc5c5c6ccccc6n4c53)cc2)cc1. The number of imidazole rings is 1. The van der Waals surface area contributed by atoms with Crippen LogP contribution < -0.4 is 25.6 Å². The molecule has 0 aliphatic heterocycles. The quantitative estimate of drug-likeness (QED) is 0.110. The summed E-state index contributed by atoms with van der Waals surface area (Å²) in [6.45, 7) is 0. The van der Waals surface area contributed by atoms with E-state index in [-0.39, 0.29) is 0 Å². The third-order valence-electron chi connectivity index (χ3n) is 12.6. The monoisotopic (exact) mass is 781 g/mol. The Kier molecular flexibility index (Phi) is 7.87. The summed E-state index contributed by atoms with van der Waals surface area (Å²) in [6.07, 6.45) is 0. The first-order valence-electron chi connectivity index (χ1n) is 20.7. The van der Waals surface area contributed by atoms with Crippen molar-refractivity contribution in [2.75, 3.05) is 4.90 Å². The van der Waals surface area contributed by atoms with Crippen LogP contribution in [0.3, 0.4) is 0 Å². The van der Waals surface area contributed by atoms with Crippen LogP contribution >= 0.6 is 0 Å². The predicted octanol–water partition coefficient (Wildman–Crippen LogP) is 11.6. The summed E-state index contributed by atoms with van der Waals surface area (Å²) in [5.41, 5.74) is 11.8. The first-order valence-corrected chi connectivity index (χ1v) is 22.7. The number of aromatic nitrogens is 2. The molecule has 0 unspecified atom stereocenters. The van der Waals surface area contributed by atoms with Gasteiger partial charge in [0.05, 0.1) is 27.8 Å². The molecule has 0 radical (unpaired) electrons. The standard InChI is InChI=1S/C56H39N3Si/c1-5-18-40(19-6-1)41-32-34-42(35-33-41)57(52-30-17-31-53-55(52)59-51-29-16-14-27-49(51)54-48-26-13-15-28-50(48)58(53)56(54)59)43-36-38-47(39-37-43)60(44-20-7-2-8-21-44,45-22-9-3-10-23-45)46-24-11-4-12-25-46/h1-39H. The molecule has 0 spiro atoms. The molecular weight excluding hydrogens is 743 g/mol. The lowest BCUT2D eigenvalue weighted by Gasteiger charge is -2.35. The van der Waals surface area contributed by atoms with Crippen molar-refractivity contribution in [3.8, 4) is 11.1 Å². The highest BCUT2D eigenvalue weighted by Gasteiger charge is 2.41. The third-order valence-corrected chi connectivity index (χ3v) is 17.4. The maximum atomic E-state index is 2.51. The van der Waals surface area contributed by atoms with Crippen LogP contribution in [0.15, 0.2) is 237 Å². The van der Waals surface area contributed by atoms with E-state index in [1.165, 1.54) is 75.7 Å². The Bertz CT molecular complexity index is 3340. The van der Waals surface area contributed by atoms with Gasteiger partial charge in [0.25, 0.3) is 0 Å². The average Bonchev–Trinajstić information content (AvgIpc) is 3.97. The number of nitrogens with zero attached hydrogens (tertiary/aromatic N) is 3. The van der Waals surface area contributed by atoms with Gasteiger partial charge in [-0.3, -0.25) is 8.80 Å². The van der Waals surface area contributed by atoms with Crippen LogP contribution in [-0.4, -0.2) is 16.9 Å². The predicted molar refractivity (Wildman–Crippen MR) is 256 cm³/mol. The van der Waals surface area contributed by atoms with Gasteiger partial charge in [-0.25, -0.2) is 0 Å². The number of fused-ring (bicyclic) bond motifs is 9. The fourth-order valence-corrected chi connectivity index (χ4v) is 14.8. The summed E-state index contributed by atoms with van der Waals surface area (Å²) >= 11 is 0. The number of hydrogen-bond donors (Lipinski definition) is 0. The molecule has 0 bridgehead atoms. The first-order chi connectivity index (χ1) is 29.8. The van der Waals surface area contributed by atoms with Crippen LogP contribution in [0.4, 0.5) is 17.1 Å². The van der Waals surface area contributed by atoms with Gasteiger partial charge < -0.3 is 4.90 Å². The lowest BCUT2D eigenvalue weighted by molar-refractivity contribution is 1.26. The molecule has 0 aliphatic rings. The topological polar surface area (TPSA) is 12.1 Å². The number of hydrogen-bond acceptors (Lipinski definition) is 1. The van der Waals surface area contributed by atoms with Gasteiger partial charge in [0.15, 0.2) is 8.07 Å². The van der Waals surface area contributed by atoms with Gasteiger partial charge in [0.2, 0.25) is 0 Å². The molecule has 60 heavy (non-hydrogen) atoms. The van der Waals surface area contributed by atoms with E-state index in [1.54, 1.807) is 0 Å². The van der Waals surface area contributed by atoms with Crippen LogP contribution in [0.25, 0.3) is 55.0 Å². The number of anilines is 3. The van der Waals surface area contributed by atoms with Crippen molar-refractivity contribution in [2.45, 2.75) is 0 Å². The van der Waals surface area contributed by atoms with Gasteiger partial charge in [0, 0.05) is 27.5 Å². The first kappa shape index (κ1) is 34.4. The van der Waals surface area contributed by atoms with Crippen molar-refractivity contribution >= 4 is 89.8 Å². The second-order valence-electron chi connectivity index (χ2n) is 15.7. The Balaban J connectivity index is 1.12. The smallest absolute Gasteiger partial charge is 0.179 e. The van der Waals surface area contributed by atoms with Gasteiger partial charge in [0.1, 0.15) is 5.65 Å². The Morgan fingerprint density at radius 2 is 0.733 bits per heavy atom.